The lowest BCUT2D eigenvalue weighted by atomic mass is 10.1. The summed E-state index contributed by atoms with van der Waals surface area (Å²) in [5.41, 5.74) is 5.05. The normalized spacial score (nSPS) is 16.6. The fourth-order valence-electron chi connectivity index (χ4n) is 2.23. The molecule has 1 fully saturated rings. The molecule has 1 saturated heterocycles. The molecule has 4 heteroatoms. The summed E-state index contributed by atoms with van der Waals surface area (Å²) >= 11 is 0. The molecule has 0 aromatic carbocycles. The van der Waals surface area contributed by atoms with Crippen molar-refractivity contribution in [2.75, 3.05) is 13.1 Å². The van der Waals surface area contributed by atoms with Gasteiger partial charge in [0.25, 0.3) is 0 Å². The number of hydrogen-bond acceptors (Lipinski definition) is 2. The Morgan fingerprint density at radius 1 is 0.882 bits per heavy atom. The van der Waals surface area contributed by atoms with Gasteiger partial charge in [-0.15, -0.1) is 0 Å². The van der Waals surface area contributed by atoms with Crippen LogP contribution in [-0.4, -0.2) is 29.8 Å². The maximum absolute atomic E-state index is 11.9. The van der Waals surface area contributed by atoms with Crippen molar-refractivity contribution in [1.82, 2.24) is 4.90 Å². The number of carbonyl (C=O) groups excluding carboxylic acids is 2. The van der Waals surface area contributed by atoms with Gasteiger partial charge in [-0.2, -0.15) is 0 Å². The van der Waals surface area contributed by atoms with Crippen LogP contribution in [0.25, 0.3) is 0 Å². The Morgan fingerprint density at radius 2 is 1.47 bits per heavy atom. The molecule has 1 heterocycles. The lowest BCUT2D eigenvalue weighted by Gasteiger charge is -2.20. The summed E-state index contributed by atoms with van der Waals surface area (Å²) in [5, 5.41) is 0. The van der Waals surface area contributed by atoms with Gasteiger partial charge in [-0.3, -0.25) is 9.59 Å². The zero-order valence-electron chi connectivity index (χ0n) is 10.6. The van der Waals surface area contributed by atoms with Crippen molar-refractivity contribution in [3.8, 4) is 0 Å². The minimum absolute atomic E-state index is 0.246. The number of carbonyl (C=O) groups is 2. The Kier molecular flexibility index (Phi) is 6.67. The van der Waals surface area contributed by atoms with Crippen LogP contribution in [0.4, 0.5) is 0 Å². The topological polar surface area (TPSA) is 63.4 Å². The average Bonchev–Trinajstić information content (AvgIpc) is 2.56. The van der Waals surface area contributed by atoms with E-state index in [0.29, 0.717) is 12.8 Å². The van der Waals surface area contributed by atoms with Gasteiger partial charge in [0.1, 0.15) is 0 Å². The van der Waals surface area contributed by atoms with E-state index in [0.717, 1.165) is 45.2 Å². The van der Waals surface area contributed by atoms with Crippen molar-refractivity contribution in [1.29, 1.82) is 0 Å². The van der Waals surface area contributed by atoms with Crippen LogP contribution in [0, 0.1) is 0 Å². The van der Waals surface area contributed by atoms with E-state index in [1.165, 1.54) is 12.8 Å². The largest absolute Gasteiger partial charge is 0.370 e. The highest BCUT2D eigenvalue weighted by molar-refractivity contribution is 5.76. The number of nitrogens with two attached hydrogens (primary N) is 1. The molecule has 0 aromatic heterocycles. The van der Waals surface area contributed by atoms with E-state index in [-0.39, 0.29) is 11.8 Å². The molecule has 0 saturated carbocycles. The van der Waals surface area contributed by atoms with Crippen LogP contribution in [0.1, 0.15) is 57.8 Å². The van der Waals surface area contributed by atoms with E-state index < -0.39 is 0 Å². The molecule has 0 aliphatic carbocycles. The zero-order valence-corrected chi connectivity index (χ0v) is 10.6. The number of rotatable bonds is 6. The predicted octanol–water partition coefficient (Wildman–Crippen LogP) is 1.82. The average molecular weight is 240 g/mol. The Hall–Kier alpha value is -1.06. The van der Waals surface area contributed by atoms with Crippen molar-refractivity contribution in [3.63, 3.8) is 0 Å². The quantitative estimate of drug-likeness (QED) is 0.720. The second kappa shape index (κ2) is 8.09. The third-order valence-corrected chi connectivity index (χ3v) is 3.27. The number of nitrogens with zero attached hydrogens (tertiary/aromatic N) is 1. The number of primary amides is 1. The van der Waals surface area contributed by atoms with E-state index in [9.17, 15) is 9.59 Å². The van der Waals surface area contributed by atoms with E-state index in [1.54, 1.807) is 0 Å². The standard InChI is InChI=1S/C13H24N2O2/c14-12(16)8-4-3-5-9-13(17)15-10-6-1-2-7-11-15/h1-11H2,(H2,14,16). The van der Waals surface area contributed by atoms with Gasteiger partial charge in [-0.05, 0) is 25.7 Å². The minimum Gasteiger partial charge on any atom is -0.370 e. The Bertz CT molecular complexity index is 246. The van der Waals surface area contributed by atoms with Gasteiger partial charge in [-0.1, -0.05) is 19.3 Å². The maximum Gasteiger partial charge on any atom is 0.222 e. The van der Waals surface area contributed by atoms with E-state index in [1.807, 2.05) is 4.90 Å². The van der Waals surface area contributed by atoms with Crippen molar-refractivity contribution >= 4 is 11.8 Å². The summed E-state index contributed by atoms with van der Waals surface area (Å²) in [5.74, 6) is 0.0369. The van der Waals surface area contributed by atoms with E-state index in [2.05, 4.69) is 0 Å². The molecule has 0 radical (unpaired) electrons. The van der Waals surface area contributed by atoms with Gasteiger partial charge < -0.3 is 10.6 Å². The van der Waals surface area contributed by atoms with Crippen LogP contribution in [0.3, 0.4) is 0 Å². The number of hydrogen-bond donors (Lipinski definition) is 1. The fraction of sp³-hybridized carbons (Fsp3) is 0.846. The van der Waals surface area contributed by atoms with Gasteiger partial charge in [0.15, 0.2) is 0 Å². The number of amides is 2. The Morgan fingerprint density at radius 3 is 2.06 bits per heavy atom. The minimum atomic E-state index is -0.246. The highest BCUT2D eigenvalue weighted by Crippen LogP contribution is 2.12. The molecule has 2 N–H and O–H groups in total. The molecule has 4 nitrogen and oxygen atoms in total. The van der Waals surface area contributed by atoms with Crippen LogP contribution in [0.15, 0.2) is 0 Å². The van der Waals surface area contributed by atoms with Gasteiger partial charge in [0, 0.05) is 25.9 Å². The molecule has 17 heavy (non-hydrogen) atoms. The second-order valence-electron chi connectivity index (χ2n) is 4.82. The summed E-state index contributed by atoms with van der Waals surface area (Å²) < 4.78 is 0. The first-order valence-electron chi connectivity index (χ1n) is 6.76. The van der Waals surface area contributed by atoms with Crippen LogP contribution in [-0.2, 0) is 9.59 Å². The van der Waals surface area contributed by atoms with Gasteiger partial charge in [0.2, 0.25) is 11.8 Å². The molecular weight excluding hydrogens is 216 g/mol. The number of likely N-dealkylation sites (tertiary alicyclic amines) is 1. The summed E-state index contributed by atoms with van der Waals surface area (Å²) in [6.45, 7) is 1.86. The Balaban J connectivity index is 2.09. The zero-order chi connectivity index (χ0) is 12.5. The molecule has 0 unspecified atom stereocenters. The lowest BCUT2D eigenvalue weighted by Crippen LogP contribution is -2.31. The molecular formula is C13H24N2O2. The second-order valence-corrected chi connectivity index (χ2v) is 4.82. The van der Waals surface area contributed by atoms with Gasteiger partial charge >= 0.3 is 0 Å². The first-order valence-corrected chi connectivity index (χ1v) is 6.76. The third kappa shape index (κ3) is 6.29. The van der Waals surface area contributed by atoms with Gasteiger partial charge in [0.05, 0.1) is 0 Å². The van der Waals surface area contributed by atoms with Crippen LogP contribution < -0.4 is 5.73 Å². The first-order chi connectivity index (χ1) is 8.20. The van der Waals surface area contributed by atoms with Crippen LogP contribution >= 0.6 is 0 Å². The molecule has 1 aliphatic heterocycles. The highest BCUT2D eigenvalue weighted by Gasteiger charge is 2.14. The molecule has 0 bridgehead atoms. The monoisotopic (exact) mass is 240 g/mol. The van der Waals surface area contributed by atoms with Gasteiger partial charge in [-0.25, -0.2) is 0 Å². The van der Waals surface area contributed by atoms with Crippen LogP contribution in [0.5, 0.6) is 0 Å². The molecule has 1 rings (SSSR count). The van der Waals surface area contributed by atoms with Crippen molar-refractivity contribution < 1.29 is 9.59 Å². The molecule has 0 spiro atoms. The van der Waals surface area contributed by atoms with E-state index in [4.69, 9.17) is 5.73 Å². The smallest absolute Gasteiger partial charge is 0.222 e. The van der Waals surface area contributed by atoms with Crippen molar-refractivity contribution in [2.45, 2.75) is 57.8 Å². The van der Waals surface area contributed by atoms with Crippen LogP contribution in [0.2, 0.25) is 0 Å². The van der Waals surface area contributed by atoms with Crippen molar-refractivity contribution in [2.24, 2.45) is 5.73 Å². The lowest BCUT2D eigenvalue weighted by molar-refractivity contribution is -0.131. The highest BCUT2D eigenvalue weighted by atomic mass is 16.2. The molecule has 0 aromatic rings. The SMILES string of the molecule is NC(=O)CCCCCC(=O)N1CCCCCC1. The molecule has 0 atom stereocenters. The fourth-order valence-corrected chi connectivity index (χ4v) is 2.23. The first kappa shape index (κ1) is 14.0. The predicted molar refractivity (Wildman–Crippen MR) is 67.3 cm³/mol. The summed E-state index contributed by atoms with van der Waals surface area (Å²) in [6.07, 6.45) is 8.47. The summed E-state index contributed by atoms with van der Waals surface area (Å²) in [6, 6.07) is 0. The Labute approximate surface area is 104 Å². The number of unbranched alkanes of at least 4 members (excludes halogenated alkanes) is 2. The molecule has 98 valence electrons. The summed E-state index contributed by atoms with van der Waals surface area (Å²) in [7, 11) is 0. The summed E-state index contributed by atoms with van der Waals surface area (Å²) in [4.78, 5) is 24.4. The molecule has 1 aliphatic rings. The van der Waals surface area contributed by atoms with E-state index >= 15 is 0 Å². The third-order valence-electron chi connectivity index (χ3n) is 3.27. The van der Waals surface area contributed by atoms with Crippen molar-refractivity contribution in [3.05, 3.63) is 0 Å². The maximum atomic E-state index is 11.9. The molecule has 2 amide bonds.